The zero-order chi connectivity index (χ0) is 20.5. The molecule has 0 unspecified atom stereocenters. The van der Waals surface area contributed by atoms with Gasteiger partial charge in [0, 0.05) is 11.3 Å². The minimum Gasteiger partial charge on any atom is -0.496 e. The topological polar surface area (TPSA) is 54.9 Å². The maximum absolute atomic E-state index is 13.0. The lowest BCUT2D eigenvalue weighted by molar-refractivity contribution is 0.296. The highest BCUT2D eigenvalue weighted by Crippen LogP contribution is 2.22. The van der Waals surface area contributed by atoms with Gasteiger partial charge in [-0.1, -0.05) is 18.2 Å². The summed E-state index contributed by atoms with van der Waals surface area (Å²) >= 11 is 5.22. The molecule has 5 nitrogen and oxygen atoms in total. The summed E-state index contributed by atoms with van der Waals surface area (Å²) in [4.78, 5) is 0. The Bertz CT molecular complexity index is 979. The third-order valence-electron chi connectivity index (χ3n) is 3.92. The number of thiocarbonyl (C=S) groups is 1. The van der Waals surface area contributed by atoms with Gasteiger partial charge in [0.05, 0.1) is 13.3 Å². The number of nitrogens with zero attached hydrogens (tertiary/aromatic N) is 1. The maximum atomic E-state index is 13.0. The summed E-state index contributed by atoms with van der Waals surface area (Å²) in [5, 5.41) is 7.59. The first-order valence-electron chi connectivity index (χ1n) is 8.84. The SMILES string of the molecule is COc1ccc(/C=N\NC(=S)Nc2ccccc2)cc1COc1ccc(F)cc1. The van der Waals surface area contributed by atoms with Gasteiger partial charge in [-0.05, 0) is 72.4 Å². The summed E-state index contributed by atoms with van der Waals surface area (Å²) in [6.45, 7) is 0.276. The van der Waals surface area contributed by atoms with Crippen LogP contribution in [-0.4, -0.2) is 18.4 Å². The predicted molar refractivity (Wildman–Crippen MR) is 117 cm³/mol. The van der Waals surface area contributed by atoms with Crippen molar-refractivity contribution in [3.05, 3.63) is 89.7 Å². The number of para-hydroxylation sites is 1. The molecule has 29 heavy (non-hydrogen) atoms. The fourth-order valence-electron chi connectivity index (χ4n) is 2.53. The van der Waals surface area contributed by atoms with Gasteiger partial charge in [0.1, 0.15) is 23.9 Å². The number of methoxy groups -OCH3 is 1. The summed E-state index contributed by atoms with van der Waals surface area (Å²) in [5.74, 6) is 0.963. The highest BCUT2D eigenvalue weighted by molar-refractivity contribution is 7.80. The van der Waals surface area contributed by atoms with Crippen molar-refractivity contribution >= 4 is 29.2 Å². The molecular weight excluding hydrogens is 389 g/mol. The van der Waals surface area contributed by atoms with Crippen molar-refractivity contribution in [3.63, 3.8) is 0 Å². The van der Waals surface area contributed by atoms with E-state index in [0.29, 0.717) is 16.6 Å². The molecule has 0 spiro atoms. The van der Waals surface area contributed by atoms with E-state index in [-0.39, 0.29) is 12.4 Å². The summed E-state index contributed by atoms with van der Waals surface area (Å²) in [6, 6.07) is 21.1. The standard InChI is InChI=1S/C22H20FN3O2S/c1-27-21-12-7-16(13-17(21)15-28-20-10-8-18(23)9-11-20)14-24-26-22(29)25-19-5-3-2-4-6-19/h2-14H,15H2,1H3,(H2,25,26,29)/b24-14-. The molecule has 0 heterocycles. The van der Waals surface area contributed by atoms with Crippen molar-refractivity contribution < 1.29 is 13.9 Å². The Morgan fingerprint density at radius 3 is 2.55 bits per heavy atom. The van der Waals surface area contributed by atoms with Crippen molar-refractivity contribution in [1.82, 2.24) is 5.43 Å². The van der Waals surface area contributed by atoms with Crippen LogP contribution in [0, 0.1) is 5.82 Å². The number of nitrogens with one attached hydrogen (secondary N) is 2. The fourth-order valence-corrected chi connectivity index (χ4v) is 2.70. The number of halogens is 1. The monoisotopic (exact) mass is 409 g/mol. The van der Waals surface area contributed by atoms with E-state index in [0.717, 1.165) is 16.8 Å². The molecule has 0 saturated carbocycles. The Morgan fingerprint density at radius 2 is 1.83 bits per heavy atom. The number of rotatable bonds is 7. The molecule has 3 aromatic rings. The van der Waals surface area contributed by atoms with Crippen LogP contribution in [0.1, 0.15) is 11.1 Å². The zero-order valence-electron chi connectivity index (χ0n) is 15.8. The molecule has 148 valence electrons. The molecule has 2 N–H and O–H groups in total. The van der Waals surface area contributed by atoms with Crippen LogP contribution in [0.15, 0.2) is 77.9 Å². The fraction of sp³-hybridized carbons (Fsp3) is 0.0909. The molecule has 7 heteroatoms. The van der Waals surface area contributed by atoms with Gasteiger partial charge in [-0.25, -0.2) is 4.39 Å². The van der Waals surface area contributed by atoms with E-state index in [1.165, 1.54) is 12.1 Å². The van der Waals surface area contributed by atoms with Crippen LogP contribution in [0.3, 0.4) is 0 Å². The highest BCUT2D eigenvalue weighted by atomic mass is 32.1. The van der Waals surface area contributed by atoms with E-state index in [1.807, 2.05) is 48.5 Å². The number of hydrazone groups is 1. The number of ether oxygens (including phenoxy) is 2. The zero-order valence-corrected chi connectivity index (χ0v) is 16.6. The number of benzene rings is 3. The minimum atomic E-state index is -0.305. The molecule has 0 amide bonds. The minimum absolute atomic E-state index is 0.276. The lowest BCUT2D eigenvalue weighted by Crippen LogP contribution is -2.23. The highest BCUT2D eigenvalue weighted by Gasteiger charge is 2.06. The largest absolute Gasteiger partial charge is 0.496 e. The van der Waals surface area contributed by atoms with Crippen LogP contribution in [0.25, 0.3) is 0 Å². The van der Waals surface area contributed by atoms with Crippen LogP contribution >= 0.6 is 12.2 Å². The quantitative estimate of drug-likeness (QED) is 0.336. The smallest absolute Gasteiger partial charge is 0.191 e. The third kappa shape index (κ3) is 6.29. The van der Waals surface area contributed by atoms with E-state index in [4.69, 9.17) is 21.7 Å². The Balaban J connectivity index is 1.60. The molecule has 0 radical (unpaired) electrons. The van der Waals surface area contributed by atoms with Crippen molar-refractivity contribution in [2.45, 2.75) is 6.61 Å². The van der Waals surface area contributed by atoms with Crippen molar-refractivity contribution in [2.75, 3.05) is 12.4 Å². The van der Waals surface area contributed by atoms with Crippen LogP contribution in [0.2, 0.25) is 0 Å². The van der Waals surface area contributed by atoms with Gasteiger partial charge in [-0.3, -0.25) is 5.43 Å². The maximum Gasteiger partial charge on any atom is 0.191 e. The van der Waals surface area contributed by atoms with Gasteiger partial charge in [0.25, 0.3) is 0 Å². The Hall–Kier alpha value is -3.45. The lowest BCUT2D eigenvalue weighted by Gasteiger charge is -2.11. The summed E-state index contributed by atoms with van der Waals surface area (Å²) in [7, 11) is 1.60. The molecule has 3 aromatic carbocycles. The van der Waals surface area contributed by atoms with Crippen molar-refractivity contribution in [2.24, 2.45) is 5.10 Å². The summed E-state index contributed by atoms with van der Waals surface area (Å²) < 4.78 is 24.1. The summed E-state index contributed by atoms with van der Waals surface area (Å²) in [5.41, 5.74) is 5.35. The van der Waals surface area contributed by atoms with Gasteiger partial charge in [-0.2, -0.15) is 5.10 Å². The molecule has 0 atom stereocenters. The van der Waals surface area contributed by atoms with Crippen LogP contribution in [-0.2, 0) is 6.61 Å². The lowest BCUT2D eigenvalue weighted by atomic mass is 10.1. The number of hydrogen-bond donors (Lipinski definition) is 2. The summed E-state index contributed by atoms with van der Waals surface area (Å²) in [6.07, 6.45) is 1.65. The first kappa shape index (κ1) is 20.3. The van der Waals surface area contributed by atoms with E-state index < -0.39 is 0 Å². The van der Waals surface area contributed by atoms with Gasteiger partial charge in [0.2, 0.25) is 0 Å². The predicted octanol–water partition coefficient (Wildman–Crippen LogP) is 4.73. The molecule has 0 saturated heterocycles. The van der Waals surface area contributed by atoms with Crippen molar-refractivity contribution in [3.8, 4) is 11.5 Å². The Morgan fingerprint density at radius 1 is 1.07 bits per heavy atom. The van der Waals surface area contributed by atoms with E-state index in [2.05, 4.69) is 15.8 Å². The number of hydrogen-bond acceptors (Lipinski definition) is 4. The third-order valence-corrected chi connectivity index (χ3v) is 4.12. The van der Waals surface area contributed by atoms with E-state index in [9.17, 15) is 4.39 Å². The second-order valence-corrected chi connectivity index (χ2v) is 6.41. The van der Waals surface area contributed by atoms with E-state index >= 15 is 0 Å². The Kier molecular flexibility index (Phi) is 7.13. The second kappa shape index (κ2) is 10.2. The molecule has 0 aliphatic rings. The molecular formula is C22H20FN3O2S. The molecule has 0 aromatic heterocycles. The molecule has 0 bridgehead atoms. The second-order valence-electron chi connectivity index (χ2n) is 6.00. The molecule has 0 aliphatic heterocycles. The van der Waals surface area contributed by atoms with E-state index in [1.54, 1.807) is 25.5 Å². The van der Waals surface area contributed by atoms with Crippen LogP contribution < -0.4 is 20.2 Å². The molecule has 3 rings (SSSR count). The first-order chi connectivity index (χ1) is 14.1. The van der Waals surface area contributed by atoms with Crippen LogP contribution in [0.5, 0.6) is 11.5 Å². The normalized spacial score (nSPS) is 10.6. The van der Waals surface area contributed by atoms with Gasteiger partial charge < -0.3 is 14.8 Å². The molecule has 0 aliphatic carbocycles. The van der Waals surface area contributed by atoms with Gasteiger partial charge in [-0.15, -0.1) is 0 Å². The van der Waals surface area contributed by atoms with Gasteiger partial charge >= 0.3 is 0 Å². The van der Waals surface area contributed by atoms with Gasteiger partial charge in [0.15, 0.2) is 5.11 Å². The average molecular weight is 409 g/mol. The van der Waals surface area contributed by atoms with Crippen LogP contribution in [0.4, 0.5) is 10.1 Å². The number of anilines is 1. The molecule has 0 fully saturated rings. The van der Waals surface area contributed by atoms with Crippen molar-refractivity contribution in [1.29, 1.82) is 0 Å². The first-order valence-corrected chi connectivity index (χ1v) is 9.25. The average Bonchev–Trinajstić information content (AvgIpc) is 2.74. The Labute approximate surface area is 174 Å².